The number of hydrogen-bond donors (Lipinski definition) is 2. The Morgan fingerprint density at radius 3 is 2.30 bits per heavy atom. The average Bonchev–Trinajstić information content (AvgIpc) is 3.13. The molecule has 5 nitrogen and oxygen atoms in total. The minimum absolute atomic E-state index is 0.303. The summed E-state index contributed by atoms with van der Waals surface area (Å²) in [5.41, 5.74) is 3.10. The Hall–Kier alpha value is -3.66. The second-order valence-corrected chi connectivity index (χ2v) is 6.96. The van der Waals surface area contributed by atoms with Gasteiger partial charge in [0.2, 0.25) is 0 Å². The highest BCUT2D eigenvalue weighted by Gasteiger charge is 2.14. The van der Waals surface area contributed by atoms with Crippen molar-refractivity contribution in [2.75, 3.05) is 6.61 Å². The maximum absolute atomic E-state index is 13.0. The van der Waals surface area contributed by atoms with Gasteiger partial charge in [0.1, 0.15) is 17.3 Å². The first kappa shape index (κ1) is 19.6. The third-order valence-corrected chi connectivity index (χ3v) is 4.85. The first-order chi connectivity index (χ1) is 14.6. The molecule has 0 aliphatic heterocycles. The van der Waals surface area contributed by atoms with Crippen molar-refractivity contribution in [2.45, 2.75) is 12.5 Å². The number of rotatable bonds is 6. The van der Waals surface area contributed by atoms with E-state index in [1.807, 2.05) is 29.0 Å². The van der Waals surface area contributed by atoms with Crippen LogP contribution in [-0.4, -0.2) is 27.5 Å². The number of fused-ring (bicyclic) bond motifs is 1. The van der Waals surface area contributed by atoms with Gasteiger partial charge in [-0.15, -0.1) is 0 Å². The molecule has 1 atom stereocenters. The van der Waals surface area contributed by atoms with E-state index in [1.165, 1.54) is 12.1 Å². The van der Waals surface area contributed by atoms with E-state index in [4.69, 9.17) is 4.74 Å². The van der Waals surface area contributed by atoms with Crippen molar-refractivity contribution in [1.82, 2.24) is 4.57 Å². The van der Waals surface area contributed by atoms with Crippen molar-refractivity contribution < 1.29 is 19.3 Å². The molecule has 1 aromatic heterocycles. The topological polar surface area (TPSA) is 78.4 Å². The van der Waals surface area contributed by atoms with Gasteiger partial charge in [0.25, 0.3) is 0 Å². The lowest BCUT2D eigenvalue weighted by atomic mass is 10.1. The average molecular weight is 402 g/mol. The molecule has 2 N–H and O–H groups in total. The Bertz CT molecular complexity index is 1210. The molecule has 0 saturated carbocycles. The number of aliphatic hydroxyl groups is 2. The van der Waals surface area contributed by atoms with Gasteiger partial charge >= 0.3 is 0 Å². The van der Waals surface area contributed by atoms with E-state index in [0.29, 0.717) is 23.5 Å². The first-order valence-corrected chi connectivity index (χ1v) is 9.44. The van der Waals surface area contributed by atoms with Crippen molar-refractivity contribution in [3.63, 3.8) is 0 Å². The van der Waals surface area contributed by atoms with Crippen LogP contribution in [-0.2, 0) is 6.42 Å². The second-order valence-electron chi connectivity index (χ2n) is 6.96. The number of aliphatic hydroxyl groups excluding tert-OH is 2. The lowest BCUT2D eigenvalue weighted by Gasteiger charge is -2.09. The molecule has 0 spiro atoms. The zero-order chi connectivity index (χ0) is 21.1. The third kappa shape index (κ3) is 4.03. The Morgan fingerprint density at radius 1 is 1.00 bits per heavy atom. The molecule has 0 bridgehead atoms. The van der Waals surface area contributed by atoms with E-state index in [-0.39, 0.29) is 12.4 Å². The van der Waals surface area contributed by atoms with Crippen LogP contribution in [0.1, 0.15) is 11.1 Å². The largest absolute Gasteiger partial charge is 0.457 e. The molecule has 0 radical (unpaired) electrons. The molecule has 0 aliphatic rings. The van der Waals surface area contributed by atoms with Gasteiger partial charge in [0.15, 0.2) is 0 Å². The van der Waals surface area contributed by atoms with Gasteiger partial charge < -0.3 is 19.5 Å². The van der Waals surface area contributed by atoms with Gasteiger partial charge in [0.05, 0.1) is 29.9 Å². The van der Waals surface area contributed by atoms with Gasteiger partial charge in [-0.3, -0.25) is 0 Å². The molecule has 0 aliphatic carbocycles. The first-order valence-electron chi connectivity index (χ1n) is 9.44. The van der Waals surface area contributed by atoms with E-state index in [9.17, 15) is 19.9 Å². The summed E-state index contributed by atoms with van der Waals surface area (Å²) in [4.78, 5) is 0. The monoisotopic (exact) mass is 402 g/mol. The molecular weight excluding hydrogens is 383 g/mol. The summed E-state index contributed by atoms with van der Waals surface area (Å²) >= 11 is 0. The summed E-state index contributed by atoms with van der Waals surface area (Å²) in [5.74, 6) is 0.820. The van der Waals surface area contributed by atoms with Gasteiger partial charge in [-0.2, -0.15) is 5.26 Å². The summed E-state index contributed by atoms with van der Waals surface area (Å²) in [6.07, 6.45) is 1.35. The molecule has 30 heavy (non-hydrogen) atoms. The van der Waals surface area contributed by atoms with Crippen molar-refractivity contribution in [3.8, 4) is 23.3 Å². The fourth-order valence-corrected chi connectivity index (χ4v) is 3.38. The highest BCUT2D eigenvalue weighted by molar-refractivity contribution is 5.87. The lowest BCUT2D eigenvalue weighted by molar-refractivity contribution is 0.0957. The van der Waals surface area contributed by atoms with E-state index >= 15 is 0 Å². The third-order valence-electron chi connectivity index (χ3n) is 4.85. The van der Waals surface area contributed by atoms with Gasteiger partial charge in [0, 0.05) is 23.7 Å². The quantitative estimate of drug-likeness (QED) is 0.503. The van der Waals surface area contributed by atoms with E-state index < -0.39 is 6.10 Å². The summed E-state index contributed by atoms with van der Waals surface area (Å²) in [7, 11) is 0. The predicted octanol–water partition coefficient (Wildman–Crippen LogP) is 4.33. The van der Waals surface area contributed by atoms with E-state index in [2.05, 4.69) is 6.07 Å². The Kier molecular flexibility index (Phi) is 5.48. The van der Waals surface area contributed by atoms with Crippen molar-refractivity contribution in [2.24, 2.45) is 0 Å². The van der Waals surface area contributed by atoms with Crippen LogP contribution < -0.4 is 4.74 Å². The summed E-state index contributed by atoms with van der Waals surface area (Å²) in [6, 6.07) is 20.7. The standard InChI is InChI=1S/C24H19FN2O3/c25-18-2-6-21(7-3-18)30-22-8-4-19(5-9-22)27-14-17(12-20(29)15-28)23-10-1-16(13-26)11-24(23)27/h1-11,14,20,28-29H,12,15H2. The molecule has 0 amide bonds. The van der Waals surface area contributed by atoms with Crippen LogP contribution in [0.15, 0.2) is 72.9 Å². The van der Waals surface area contributed by atoms with Crippen LogP contribution in [0.25, 0.3) is 16.6 Å². The molecule has 4 aromatic rings. The molecule has 6 heteroatoms. The van der Waals surface area contributed by atoms with Crippen molar-refractivity contribution in [3.05, 3.63) is 89.9 Å². The van der Waals surface area contributed by atoms with Crippen molar-refractivity contribution in [1.29, 1.82) is 5.26 Å². The second kappa shape index (κ2) is 8.37. The van der Waals surface area contributed by atoms with Crippen LogP contribution >= 0.6 is 0 Å². The summed E-state index contributed by atoms with van der Waals surface area (Å²) in [6.45, 7) is -0.321. The number of aromatic nitrogens is 1. The maximum Gasteiger partial charge on any atom is 0.127 e. The number of hydrogen-bond acceptors (Lipinski definition) is 4. The number of ether oxygens (including phenoxy) is 1. The SMILES string of the molecule is N#Cc1ccc2c(CC(O)CO)cn(-c3ccc(Oc4ccc(F)cc4)cc3)c2c1. The van der Waals surface area contributed by atoms with Crippen LogP contribution in [0, 0.1) is 17.1 Å². The predicted molar refractivity (Wildman–Crippen MR) is 111 cm³/mol. The smallest absolute Gasteiger partial charge is 0.127 e. The van der Waals surface area contributed by atoms with E-state index in [0.717, 1.165) is 22.2 Å². The molecular formula is C24H19FN2O3. The molecule has 3 aromatic carbocycles. The number of nitriles is 1. The zero-order valence-electron chi connectivity index (χ0n) is 16.0. The van der Waals surface area contributed by atoms with Crippen LogP contribution in [0.3, 0.4) is 0 Å². The fraction of sp³-hybridized carbons (Fsp3) is 0.125. The van der Waals surface area contributed by atoms with Gasteiger partial charge in [-0.25, -0.2) is 4.39 Å². The number of nitrogens with zero attached hydrogens (tertiary/aromatic N) is 2. The molecule has 1 unspecified atom stereocenters. The fourth-order valence-electron chi connectivity index (χ4n) is 3.38. The van der Waals surface area contributed by atoms with Crippen LogP contribution in [0.5, 0.6) is 11.5 Å². The van der Waals surface area contributed by atoms with Gasteiger partial charge in [-0.05, 0) is 66.2 Å². The van der Waals surface area contributed by atoms with E-state index in [1.54, 1.807) is 36.4 Å². The number of halogens is 1. The highest BCUT2D eigenvalue weighted by Crippen LogP contribution is 2.29. The molecule has 1 heterocycles. The highest BCUT2D eigenvalue weighted by atomic mass is 19.1. The minimum Gasteiger partial charge on any atom is -0.457 e. The molecule has 4 rings (SSSR count). The molecule has 0 fully saturated rings. The van der Waals surface area contributed by atoms with Crippen molar-refractivity contribution >= 4 is 10.9 Å². The van der Waals surface area contributed by atoms with Crippen LogP contribution in [0.2, 0.25) is 0 Å². The maximum atomic E-state index is 13.0. The molecule has 0 saturated heterocycles. The summed E-state index contributed by atoms with van der Waals surface area (Å²) in [5, 5.41) is 29.3. The zero-order valence-corrected chi connectivity index (χ0v) is 16.0. The Labute approximate surface area is 172 Å². The van der Waals surface area contributed by atoms with Gasteiger partial charge in [-0.1, -0.05) is 6.07 Å². The summed E-state index contributed by atoms with van der Waals surface area (Å²) < 4.78 is 20.7. The Balaban J connectivity index is 1.69. The van der Waals surface area contributed by atoms with Crippen LogP contribution in [0.4, 0.5) is 4.39 Å². The normalized spacial score (nSPS) is 11.9. The minimum atomic E-state index is -0.855. The Morgan fingerprint density at radius 2 is 1.67 bits per heavy atom. The lowest BCUT2D eigenvalue weighted by Crippen LogP contribution is -2.14. The molecule has 150 valence electrons. The number of benzene rings is 3.